The van der Waals surface area contributed by atoms with Gasteiger partial charge >= 0.3 is 0 Å². The molecule has 2 aromatic rings. The maximum absolute atomic E-state index is 12.2. The van der Waals surface area contributed by atoms with E-state index in [9.17, 15) is 8.42 Å². The van der Waals surface area contributed by atoms with E-state index in [0.29, 0.717) is 5.56 Å². The van der Waals surface area contributed by atoms with Crippen LogP contribution in [0.2, 0.25) is 5.15 Å². The SMILES string of the molecule is Cc1ccnc(Cl)c1NS(=O)(=O)c1cn(C)nc1N. The Bertz CT molecular complexity index is 705. The normalized spacial score (nSPS) is 11.5. The molecule has 0 fully saturated rings. The lowest BCUT2D eigenvalue weighted by Crippen LogP contribution is -2.15. The quantitative estimate of drug-likeness (QED) is 0.828. The van der Waals surface area contributed by atoms with Crippen LogP contribution < -0.4 is 10.5 Å². The fourth-order valence-corrected chi connectivity index (χ4v) is 3.08. The van der Waals surface area contributed by atoms with Crippen molar-refractivity contribution >= 4 is 33.1 Å². The summed E-state index contributed by atoms with van der Waals surface area (Å²) in [5, 5.41) is 3.87. The number of nitrogens with one attached hydrogen (secondary N) is 1. The zero-order chi connectivity index (χ0) is 14.2. The molecule has 0 saturated carbocycles. The molecule has 0 spiro atoms. The molecule has 19 heavy (non-hydrogen) atoms. The Morgan fingerprint density at radius 2 is 2.16 bits per heavy atom. The number of nitrogens with zero attached hydrogens (tertiary/aromatic N) is 3. The Labute approximate surface area is 115 Å². The molecule has 0 radical (unpaired) electrons. The van der Waals surface area contributed by atoms with Crippen LogP contribution in [0.4, 0.5) is 11.5 Å². The first-order valence-electron chi connectivity index (χ1n) is 5.24. The van der Waals surface area contributed by atoms with Gasteiger partial charge in [-0.05, 0) is 18.6 Å². The monoisotopic (exact) mass is 301 g/mol. The average molecular weight is 302 g/mol. The minimum absolute atomic E-state index is 0.0750. The predicted molar refractivity (Wildman–Crippen MR) is 72.4 cm³/mol. The molecule has 0 unspecified atom stereocenters. The Balaban J connectivity index is 2.45. The average Bonchev–Trinajstić information content (AvgIpc) is 2.64. The molecule has 9 heteroatoms. The molecule has 0 amide bonds. The van der Waals surface area contributed by atoms with Crippen molar-refractivity contribution < 1.29 is 8.42 Å². The summed E-state index contributed by atoms with van der Waals surface area (Å²) in [5.74, 6) is -0.0762. The molecule has 0 aliphatic carbocycles. The van der Waals surface area contributed by atoms with E-state index in [2.05, 4.69) is 14.8 Å². The molecule has 2 aromatic heterocycles. The third-order valence-electron chi connectivity index (χ3n) is 2.46. The second-order valence-corrected chi connectivity index (χ2v) is 5.96. The summed E-state index contributed by atoms with van der Waals surface area (Å²) in [4.78, 5) is 3.73. The predicted octanol–water partition coefficient (Wildman–Crippen LogP) is 1.16. The van der Waals surface area contributed by atoms with Crippen LogP contribution in [0.15, 0.2) is 23.4 Å². The van der Waals surface area contributed by atoms with Crippen LogP contribution in [0.5, 0.6) is 0 Å². The number of nitrogen functional groups attached to an aromatic ring is 1. The van der Waals surface area contributed by atoms with E-state index in [4.69, 9.17) is 17.3 Å². The molecule has 0 saturated heterocycles. The Morgan fingerprint density at radius 1 is 1.47 bits per heavy atom. The van der Waals surface area contributed by atoms with E-state index < -0.39 is 10.0 Å². The first-order valence-corrected chi connectivity index (χ1v) is 7.10. The second kappa shape index (κ2) is 4.71. The van der Waals surface area contributed by atoms with E-state index in [1.165, 1.54) is 17.1 Å². The summed E-state index contributed by atoms with van der Waals surface area (Å²) < 4.78 is 28.1. The minimum Gasteiger partial charge on any atom is -0.381 e. The first-order chi connectivity index (χ1) is 8.81. The van der Waals surface area contributed by atoms with Gasteiger partial charge in [0.1, 0.15) is 4.90 Å². The highest BCUT2D eigenvalue weighted by atomic mass is 35.5. The van der Waals surface area contributed by atoms with Gasteiger partial charge in [0.2, 0.25) is 0 Å². The Hall–Kier alpha value is -1.80. The van der Waals surface area contributed by atoms with Gasteiger partial charge in [0, 0.05) is 19.4 Å². The third kappa shape index (κ3) is 2.64. The molecule has 7 nitrogen and oxygen atoms in total. The summed E-state index contributed by atoms with van der Waals surface area (Å²) in [6, 6.07) is 1.65. The summed E-state index contributed by atoms with van der Waals surface area (Å²) in [6.07, 6.45) is 2.81. The lowest BCUT2D eigenvalue weighted by atomic mass is 10.3. The second-order valence-electron chi connectivity index (χ2n) is 3.95. The number of nitrogens with two attached hydrogens (primary N) is 1. The van der Waals surface area contributed by atoms with E-state index in [1.807, 2.05) is 0 Å². The summed E-state index contributed by atoms with van der Waals surface area (Å²) in [5.41, 5.74) is 6.45. The van der Waals surface area contributed by atoms with Crippen LogP contribution in [-0.4, -0.2) is 23.2 Å². The van der Waals surface area contributed by atoms with Gasteiger partial charge in [-0.3, -0.25) is 9.40 Å². The van der Waals surface area contributed by atoms with Crippen molar-refractivity contribution in [3.63, 3.8) is 0 Å². The van der Waals surface area contributed by atoms with Crippen LogP contribution in [0.1, 0.15) is 5.56 Å². The van der Waals surface area contributed by atoms with E-state index in [1.54, 1.807) is 20.0 Å². The van der Waals surface area contributed by atoms with Crippen molar-refractivity contribution in [1.29, 1.82) is 0 Å². The zero-order valence-electron chi connectivity index (χ0n) is 10.3. The van der Waals surface area contributed by atoms with Gasteiger partial charge in [-0.1, -0.05) is 11.6 Å². The van der Waals surface area contributed by atoms with E-state index >= 15 is 0 Å². The van der Waals surface area contributed by atoms with Gasteiger partial charge in [0.25, 0.3) is 10.0 Å². The fraction of sp³-hybridized carbons (Fsp3) is 0.200. The number of rotatable bonds is 3. The maximum Gasteiger partial charge on any atom is 0.267 e. The number of hydrogen-bond donors (Lipinski definition) is 2. The number of aromatic nitrogens is 3. The van der Waals surface area contributed by atoms with Crippen molar-refractivity contribution in [1.82, 2.24) is 14.8 Å². The summed E-state index contributed by atoms with van der Waals surface area (Å²) in [6.45, 7) is 1.72. The largest absolute Gasteiger partial charge is 0.381 e. The molecule has 0 aliphatic rings. The highest BCUT2D eigenvalue weighted by molar-refractivity contribution is 7.92. The summed E-state index contributed by atoms with van der Waals surface area (Å²) >= 11 is 5.88. The number of sulfonamides is 1. The molecular formula is C10H12ClN5O2S. The van der Waals surface area contributed by atoms with Gasteiger partial charge in [0.05, 0.1) is 5.69 Å². The van der Waals surface area contributed by atoms with E-state index in [0.717, 1.165) is 0 Å². The topological polar surface area (TPSA) is 103 Å². The van der Waals surface area contributed by atoms with Crippen molar-refractivity contribution in [2.45, 2.75) is 11.8 Å². The van der Waals surface area contributed by atoms with Crippen LogP contribution in [0.25, 0.3) is 0 Å². The Kier molecular flexibility index (Phi) is 3.38. The number of pyridine rings is 1. The van der Waals surface area contributed by atoms with Crippen LogP contribution in [0.3, 0.4) is 0 Å². The van der Waals surface area contributed by atoms with Crippen LogP contribution in [0, 0.1) is 6.92 Å². The van der Waals surface area contributed by atoms with Gasteiger partial charge < -0.3 is 5.73 Å². The highest BCUT2D eigenvalue weighted by Crippen LogP contribution is 2.27. The van der Waals surface area contributed by atoms with Gasteiger partial charge in [-0.25, -0.2) is 13.4 Å². The van der Waals surface area contributed by atoms with Gasteiger partial charge in [0.15, 0.2) is 11.0 Å². The number of aryl methyl sites for hydroxylation is 2. The van der Waals surface area contributed by atoms with Gasteiger partial charge in [-0.15, -0.1) is 0 Å². The van der Waals surface area contributed by atoms with Crippen molar-refractivity contribution in [2.75, 3.05) is 10.5 Å². The first kappa shape index (κ1) is 13.6. The zero-order valence-corrected chi connectivity index (χ0v) is 11.8. The molecule has 2 rings (SSSR count). The smallest absolute Gasteiger partial charge is 0.267 e. The molecule has 0 aromatic carbocycles. The van der Waals surface area contributed by atoms with Crippen molar-refractivity contribution in [3.05, 3.63) is 29.2 Å². The Morgan fingerprint density at radius 3 is 2.68 bits per heavy atom. The molecule has 3 N–H and O–H groups in total. The molecular weight excluding hydrogens is 290 g/mol. The number of anilines is 2. The molecule has 0 bridgehead atoms. The maximum atomic E-state index is 12.2. The number of halogens is 1. The lowest BCUT2D eigenvalue weighted by Gasteiger charge is -2.10. The highest BCUT2D eigenvalue weighted by Gasteiger charge is 2.22. The number of hydrogen-bond acceptors (Lipinski definition) is 5. The van der Waals surface area contributed by atoms with Crippen molar-refractivity contribution in [2.24, 2.45) is 7.05 Å². The lowest BCUT2D eigenvalue weighted by molar-refractivity contribution is 0.601. The molecule has 0 aliphatic heterocycles. The molecule has 102 valence electrons. The molecule has 0 atom stereocenters. The minimum atomic E-state index is -3.85. The van der Waals surface area contributed by atoms with E-state index in [-0.39, 0.29) is 21.6 Å². The fourth-order valence-electron chi connectivity index (χ4n) is 1.53. The van der Waals surface area contributed by atoms with Crippen LogP contribution in [-0.2, 0) is 17.1 Å². The van der Waals surface area contributed by atoms with Crippen LogP contribution >= 0.6 is 11.6 Å². The summed E-state index contributed by atoms with van der Waals surface area (Å²) in [7, 11) is -2.27. The molecule has 2 heterocycles. The van der Waals surface area contributed by atoms with Crippen molar-refractivity contribution in [3.8, 4) is 0 Å². The third-order valence-corrected chi connectivity index (χ3v) is 4.11. The van der Waals surface area contributed by atoms with Gasteiger partial charge in [-0.2, -0.15) is 5.10 Å². The standard InChI is InChI=1S/C10H12ClN5O2S/c1-6-3-4-13-9(11)8(6)15-19(17,18)7-5-16(2)14-10(7)12/h3-5,15H,1-2H3,(H2,12,14).